The van der Waals surface area contributed by atoms with Gasteiger partial charge in [-0.1, -0.05) is 30.3 Å². The number of alkyl halides is 1. The summed E-state index contributed by atoms with van der Waals surface area (Å²) in [5.74, 6) is 0.557. The number of halogens is 1. The molecule has 1 aromatic rings. The zero-order chi connectivity index (χ0) is 15.8. The summed E-state index contributed by atoms with van der Waals surface area (Å²) >= 11 is 5.55. The lowest BCUT2D eigenvalue weighted by Crippen LogP contribution is -2.46. The number of rotatable bonds is 6. The molecule has 120 valence electrons. The number of carbonyl (C=O) groups is 2. The monoisotopic (exact) mass is 322 g/mol. The quantitative estimate of drug-likeness (QED) is 0.817. The summed E-state index contributed by atoms with van der Waals surface area (Å²) in [5.41, 5.74) is 1.19. The van der Waals surface area contributed by atoms with Crippen LogP contribution in [0.1, 0.15) is 31.2 Å². The van der Waals surface area contributed by atoms with E-state index in [4.69, 9.17) is 11.6 Å². The maximum absolute atomic E-state index is 12.2. The zero-order valence-corrected chi connectivity index (χ0v) is 13.5. The second kappa shape index (κ2) is 8.79. The highest BCUT2D eigenvalue weighted by Gasteiger charge is 2.23. The van der Waals surface area contributed by atoms with Crippen molar-refractivity contribution in [3.8, 4) is 0 Å². The van der Waals surface area contributed by atoms with Gasteiger partial charge in [0.1, 0.15) is 0 Å². The van der Waals surface area contributed by atoms with E-state index in [0.717, 1.165) is 32.4 Å². The normalized spacial score (nSPS) is 15.6. The Hall–Kier alpha value is -1.55. The third-order valence-corrected chi connectivity index (χ3v) is 4.19. The minimum absolute atomic E-state index is 0.00357. The van der Waals surface area contributed by atoms with Crippen LogP contribution in [-0.4, -0.2) is 41.7 Å². The van der Waals surface area contributed by atoms with Gasteiger partial charge in [0.25, 0.3) is 0 Å². The van der Waals surface area contributed by atoms with E-state index < -0.39 is 0 Å². The van der Waals surface area contributed by atoms with E-state index >= 15 is 0 Å². The molecule has 0 atom stereocenters. The Morgan fingerprint density at radius 1 is 1.14 bits per heavy atom. The van der Waals surface area contributed by atoms with E-state index in [1.165, 1.54) is 5.56 Å². The van der Waals surface area contributed by atoms with Crippen molar-refractivity contribution in [2.75, 3.05) is 19.0 Å². The van der Waals surface area contributed by atoms with Gasteiger partial charge in [0.2, 0.25) is 11.8 Å². The molecule has 0 bridgehead atoms. The third-order valence-electron chi connectivity index (χ3n) is 4.00. The molecule has 0 aliphatic carbocycles. The van der Waals surface area contributed by atoms with Crippen molar-refractivity contribution in [2.45, 2.75) is 38.1 Å². The summed E-state index contributed by atoms with van der Waals surface area (Å²) in [6, 6.07) is 10.2. The summed E-state index contributed by atoms with van der Waals surface area (Å²) in [6.45, 7) is 1.44. The standard InChI is InChI=1S/C17H23ClN2O2/c18-11-8-16(21)19-15-9-12-20(13-10-15)17(22)7-6-14-4-2-1-3-5-14/h1-5,15H,6-13H2,(H,19,21). The number of hydrogen-bond donors (Lipinski definition) is 1. The number of nitrogens with one attached hydrogen (secondary N) is 1. The topological polar surface area (TPSA) is 49.4 Å². The molecule has 1 aliphatic heterocycles. The Morgan fingerprint density at radius 3 is 2.45 bits per heavy atom. The lowest BCUT2D eigenvalue weighted by Gasteiger charge is -2.32. The van der Waals surface area contributed by atoms with Crippen molar-refractivity contribution in [2.24, 2.45) is 0 Å². The van der Waals surface area contributed by atoms with E-state index in [1.807, 2.05) is 35.2 Å². The minimum Gasteiger partial charge on any atom is -0.353 e. The average Bonchev–Trinajstić information content (AvgIpc) is 2.54. The van der Waals surface area contributed by atoms with Crippen LogP contribution in [0.15, 0.2) is 30.3 Å². The second-order valence-corrected chi connectivity index (χ2v) is 6.03. The molecule has 0 aromatic heterocycles. The number of likely N-dealkylation sites (tertiary alicyclic amines) is 1. The number of amides is 2. The fraction of sp³-hybridized carbons (Fsp3) is 0.529. The Balaban J connectivity index is 1.69. The van der Waals surface area contributed by atoms with Gasteiger partial charge in [-0.15, -0.1) is 11.6 Å². The van der Waals surface area contributed by atoms with Crippen molar-refractivity contribution in [3.63, 3.8) is 0 Å². The van der Waals surface area contributed by atoms with Gasteiger partial charge >= 0.3 is 0 Å². The highest BCUT2D eigenvalue weighted by Crippen LogP contribution is 2.13. The van der Waals surface area contributed by atoms with E-state index in [1.54, 1.807) is 0 Å². The maximum atomic E-state index is 12.2. The Kier molecular flexibility index (Phi) is 6.72. The SMILES string of the molecule is O=C(CCCl)NC1CCN(C(=O)CCc2ccccc2)CC1. The molecule has 5 heteroatoms. The number of aryl methyl sites for hydroxylation is 1. The van der Waals surface area contributed by atoms with Crippen molar-refractivity contribution in [1.29, 1.82) is 0 Å². The van der Waals surface area contributed by atoms with Gasteiger partial charge in [-0.05, 0) is 24.8 Å². The van der Waals surface area contributed by atoms with Crippen LogP contribution in [0.25, 0.3) is 0 Å². The summed E-state index contributed by atoms with van der Waals surface area (Å²) in [4.78, 5) is 25.6. The molecular weight excluding hydrogens is 300 g/mol. The van der Waals surface area contributed by atoms with Crippen LogP contribution >= 0.6 is 11.6 Å². The molecule has 1 saturated heterocycles. The van der Waals surface area contributed by atoms with Crippen molar-refractivity contribution in [3.05, 3.63) is 35.9 Å². The first-order valence-electron chi connectivity index (χ1n) is 7.86. The third kappa shape index (κ3) is 5.34. The molecule has 2 amide bonds. The van der Waals surface area contributed by atoms with E-state index in [9.17, 15) is 9.59 Å². The maximum Gasteiger partial charge on any atom is 0.222 e. The van der Waals surface area contributed by atoms with Crippen LogP contribution in [0.2, 0.25) is 0 Å². The van der Waals surface area contributed by atoms with Crippen molar-refractivity contribution >= 4 is 23.4 Å². The molecule has 0 unspecified atom stereocenters. The summed E-state index contributed by atoms with van der Waals surface area (Å²) in [6.07, 6.45) is 3.34. The minimum atomic E-state index is 0.00357. The number of piperidine rings is 1. The summed E-state index contributed by atoms with van der Waals surface area (Å²) in [5, 5.41) is 2.98. The predicted octanol–water partition coefficient (Wildman–Crippen LogP) is 2.36. The number of carbonyl (C=O) groups excluding carboxylic acids is 2. The predicted molar refractivity (Wildman–Crippen MR) is 87.8 cm³/mol. The molecule has 0 radical (unpaired) electrons. The molecule has 1 aromatic carbocycles. The Bertz CT molecular complexity index is 485. The van der Waals surface area contributed by atoms with Crippen LogP contribution in [0.4, 0.5) is 0 Å². The Labute approximate surface area is 136 Å². The molecule has 1 aliphatic rings. The van der Waals surface area contributed by atoms with E-state index in [-0.39, 0.29) is 17.9 Å². The number of hydrogen-bond acceptors (Lipinski definition) is 2. The molecule has 1 fully saturated rings. The molecule has 1 N–H and O–H groups in total. The van der Waals surface area contributed by atoms with Gasteiger partial charge < -0.3 is 10.2 Å². The summed E-state index contributed by atoms with van der Waals surface area (Å²) < 4.78 is 0. The second-order valence-electron chi connectivity index (χ2n) is 5.65. The molecule has 0 spiro atoms. The molecule has 4 nitrogen and oxygen atoms in total. The van der Waals surface area contributed by atoms with Gasteiger partial charge in [0, 0.05) is 37.9 Å². The first kappa shape index (κ1) is 16.8. The largest absolute Gasteiger partial charge is 0.353 e. The van der Waals surface area contributed by atoms with Crippen molar-refractivity contribution in [1.82, 2.24) is 10.2 Å². The van der Waals surface area contributed by atoms with Crippen LogP contribution in [0, 0.1) is 0 Å². The van der Waals surface area contributed by atoms with Gasteiger partial charge in [-0.3, -0.25) is 9.59 Å². The van der Waals surface area contributed by atoms with Gasteiger partial charge in [0.05, 0.1) is 0 Å². The van der Waals surface area contributed by atoms with Crippen molar-refractivity contribution < 1.29 is 9.59 Å². The van der Waals surface area contributed by atoms with Gasteiger partial charge in [-0.25, -0.2) is 0 Å². The molecule has 22 heavy (non-hydrogen) atoms. The highest BCUT2D eigenvalue weighted by atomic mass is 35.5. The Morgan fingerprint density at radius 2 is 1.82 bits per heavy atom. The average molecular weight is 323 g/mol. The fourth-order valence-corrected chi connectivity index (χ4v) is 2.88. The fourth-order valence-electron chi connectivity index (χ4n) is 2.71. The van der Waals surface area contributed by atoms with E-state index in [2.05, 4.69) is 5.32 Å². The van der Waals surface area contributed by atoms with E-state index in [0.29, 0.717) is 18.7 Å². The highest BCUT2D eigenvalue weighted by molar-refractivity contribution is 6.18. The van der Waals surface area contributed by atoms with Crippen LogP contribution in [0.3, 0.4) is 0 Å². The lowest BCUT2D eigenvalue weighted by atomic mass is 10.0. The van der Waals surface area contributed by atoms with Gasteiger partial charge in [0.15, 0.2) is 0 Å². The van der Waals surface area contributed by atoms with Crippen LogP contribution in [-0.2, 0) is 16.0 Å². The van der Waals surface area contributed by atoms with Gasteiger partial charge in [-0.2, -0.15) is 0 Å². The summed E-state index contributed by atoms with van der Waals surface area (Å²) in [7, 11) is 0. The molecule has 1 heterocycles. The zero-order valence-electron chi connectivity index (χ0n) is 12.8. The molecule has 2 rings (SSSR count). The van der Waals surface area contributed by atoms with Crippen LogP contribution < -0.4 is 5.32 Å². The first-order valence-corrected chi connectivity index (χ1v) is 8.39. The number of benzene rings is 1. The first-order chi connectivity index (χ1) is 10.7. The smallest absolute Gasteiger partial charge is 0.222 e. The molecule has 0 saturated carbocycles. The lowest BCUT2D eigenvalue weighted by molar-refractivity contribution is -0.132. The molecular formula is C17H23ClN2O2. The number of nitrogens with zero attached hydrogens (tertiary/aromatic N) is 1. The van der Waals surface area contributed by atoms with Crippen LogP contribution in [0.5, 0.6) is 0 Å².